The summed E-state index contributed by atoms with van der Waals surface area (Å²) < 4.78 is 23.7. The Hall–Kier alpha value is -1.75. The zero-order valence-corrected chi connectivity index (χ0v) is 15.6. The minimum Gasteiger partial charge on any atom is -0.493 e. The molecule has 1 aromatic rings. The zero-order valence-electron chi connectivity index (χ0n) is 15.6. The third-order valence-electron chi connectivity index (χ3n) is 6.27. The van der Waals surface area contributed by atoms with Crippen molar-refractivity contribution in [1.29, 1.82) is 0 Å². The molecule has 0 N–H and O–H groups in total. The molecule has 1 unspecified atom stereocenters. The monoisotopic (exact) mass is 358 g/mol. The van der Waals surface area contributed by atoms with Crippen LogP contribution in [-0.4, -0.2) is 38.4 Å². The van der Waals surface area contributed by atoms with Gasteiger partial charge in [-0.3, -0.25) is 14.4 Å². The Morgan fingerprint density at radius 3 is 2.73 bits per heavy atom. The fourth-order valence-electron chi connectivity index (χ4n) is 4.93. The molecule has 26 heavy (non-hydrogen) atoms. The van der Waals surface area contributed by atoms with E-state index in [0.29, 0.717) is 19.1 Å². The molecular formula is C21H27FN2O2. The standard InChI is InChI=1S/C21H27FN2O2/c1-15-14-23-21(24-15)19-12-18(26-11-3-10-22)5-4-16(19)13-20(21)8-6-17(25-2)7-9-20/h4-5,12,14,17H,3,6-11,13H2,1-2H3. The lowest BCUT2D eigenvalue weighted by molar-refractivity contribution is -0.000316. The van der Waals surface area contributed by atoms with Crippen molar-refractivity contribution in [3.63, 3.8) is 0 Å². The minimum atomic E-state index is -0.523. The van der Waals surface area contributed by atoms with Crippen molar-refractivity contribution in [1.82, 2.24) is 0 Å². The lowest BCUT2D eigenvalue weighted by atomic mass is 9.65. The van der Waals surface area contributed by atoms with Crippen molar-refractivity contribution >= 4 is 11.9 Å². The van der Waals surface area contributed by atoms with Crippen molar-refractivity contribution in [3.05, 3.63) is 29.3 Å². The van der Waals surface area contributed by atoms with E-state index < -0.39 is 5.66 Å². The van der Waals surface area contributed by atoms with Gasteiger partial charge in [0, 0.05) is 30.7 Å². The quantitative estimate of drug-likeness (QED) is 0.738. The van der Waals surface area contributed by atoms with E-state index in [0.717, 1.165) is 43.6 Å². The summed E-state index contributed by atoms with van der Waals surface area (Å²) in [5, 5.41) is 0. The highest BCUT2D eigenvalue weighted by Crippen LogP contribution is 2.61. The summed E-state index contributed by atoms with van der Waals surface area (Å²) >= 11 is 0. The number of benzene rings is 1. The Labute approximate surface area is 154 Å². The summed E-state index contributed by atoms with van der Waals surface area (Å²) in [6, 6.07) is 6.24. The summed E-state index contributed by atoms with van der Waals surface area (Å²) in [5.74, 6) is 0.786. The Morgan fingerprint density at radius 2 is 2.08 bits per heavy atom. The van der Waals surface area contributed by atoms with Crippen LogP contribution in [0, 0.1) is 5.41 Å². The number of hydrogen-bond donors (Lipinski definition) is 0. The van der Waals surface area contributed by atoms with Gasteiger partial charge in [-0.25, -0.2) is 0 Å². The summed E-state index contributed by atoms with van der Waals surface area (Å²) in [4.78, 5) is 10.0. The maximum Gasteiger partial charge on any atom is 0.182 e. The molecule has 1 heterocycles. The number of rotatable bonds is 5. The first-order valence-corrected chi connectivity index (χ1v) is 9.59. The smallest absolute Gasteiger partial charge is 0.182 e. The molecule has 4 nitrogen and oxygen atoms in total. The Balaban J connectivity index is 1.70. The highest BCUT2D eigenvalue weighted by atomic mass is 19.1. The maximum atomic E-state index is 12.4. The van der Waals surface area contributed by atoms with Gasteiger partial charge in [0.25, 0.3) is 0 Å². The molecule has 1 aliphatic heterocycles. The molecule has 1 aromatic carbocycles. The van der Waals surface area contributed by atoms with Crippen LogP contribution < -0.4 is 4.74 Å². The van der Waals surface area contributed by atoms with E-state index in [1.54, 1.807) is 7.11 Å². The largest absolute Gasteiger partial charge is 0.493 e. The van der Waals surface area contributed by atoms with Gasteiger partial charge in [0.05, 0.1) is 25.1 Å². The van der Waals surface area contributed by atoms with Gasteiger partial charge >= 0.3 is 0 Å². The fourth-order valence-corrected chi connectivity index (χ4v) is 4.93. The average Bonchev–Trinajstić information content (AvgIpc) is 3.17. The molecule has 0 radical (unpaired) electrons. The topological polar surface area (TPSA) is 43.2 Å². The number of aliphatic imine (C=N–C) groups is 2. The van der Waals surface area contributed by atoms with Crippen LogP contribution in [0.5, 0.6) is 5.75 Å². The second-order valence-corrected chi connectivity index (χ2v) is 7.79. The molecule has 0 bridgehead atoms. The summed E-state index contributed by atoms with van der Waals surface area (Å²) in [5.41, 5.74) is 2.96. The van der Waals surface area contributed by atoms with Crippen LogP contribution in [0.25, 0.3) is 0 Å². The molecule has 0 amide bonds. The van der Waals surface area contributed by atoms with Crippen molar-refractivity contribution < 1.29 is 13.9 Å². The SMILES string of the molecule is COC1CCC2(CC1)Cc1ccc(OCCCF)cc1C21N=CC(C)=N1. The first-order chi connectivity index (χ1) is 12.6. The molecule has 2 spiro atoms. The second-order valence-electron chi connectivity index (χ2n) is 7.79. The molecule has 0 aromatic heterocycles. The highest BCUT2D eigenvalue weighted by molar-refractivity contribution is 6.31. The number of hydrogen-bond acceptors (Lipinski definition) is 4. The summed E-state index contributed by atoms with van der Waals surface area (Å²) in [6.45, 7) is 2.06. The van der Waals surface area contributed by atoms with Crippen LogP contribution in [0.4, 0.5) is 4.39 Å². The molecule has 3 aliphatic rings. The van der Waals surface area contributed by atoms with Gasteiger partial charge in [0.2, 0.25) is 0 Å². The molecule has 4 rings (SSSR count). The Bertz CT molecular complexity index is 738. The molecule has 140 valence electrons. The van der Waals surface area contributed by atoms with Crippen molar-refractivity contribution in [2.24, 2.45) is 15.4 Å². The van der Waals surface area contributed by atoms with Crippen LogP contribution >= 0.6 is 0 Å². The van der Waals surface area contributed by atoms with Gasteiger partial charge in [-0.15, -0.1) is 0 Å². The zero-order chi connectivity index (χ0) is 18.2. The third kappa shape index (κ3) is 2.68. The van der Waals surface area contributed by atoms with E-state index in [9.17, 15) is 4.39 Å². The fraction of sp³-hybridized carbons (Fsp3) is 0.619. The number of methoxy groups -OCH3 is 1. The molecule has 5 heteroatoms. The lowest BCUT2D eigenvalue weighted by Crippen LogP contribution is -2.43. The van der Waals surface area contributed by atoms with Gasteiger partial charge in [0.1, 0.15) is 5.75 Å². The molecule has 1 saturated carbocycles. The van der Waals surface area contributed by atoms with Crippen LogP contribution in [0.2, 0.25) is 0 Å². The summed E-state index contributed by atoms with van der Waals surface area (Å²) in [6.07, 6.45) is 7.90. The van der Waals surface area contributed by atoms with E-state index in [2.05, 4.69) is 12.1 Å². The molecule has 2 aliphatic carbocycles. The molecule has 0 saturated heterocycles. The van der Waals surface area contributed by atoms with Gasteiger partial charge < -0.3 is 9.47 Å². The van der Waals surface area contributed by atoms with Crippen molar-refractivity contribution in [2.75, 3.05) is 20.4 Å². The first-order valence-electron chi connectivity index (χ1n) is 9.59. The predicted molar refractivity (Wildman–Crippen MR) is 101 cm³/mol. The average molecular weight is 358 g/mol. The van der Waals surface area contributed by atoms with Crippen LogP contribution in [0.15, 0.2) is 28.2 Å². The first kappa shape index (κ1) is 17.7. The minimum absolute atomic E-state index is 0.0240. The van der Waals surface area contributed by atoms with Gasteiger partial charge in [0.15, 0.2) is 5.66 Å². The van der Waals surface area contributed by atoms with E-state index in [-0.39, 0.29) is 12.1 Å². The van der Waals surface area contributed by atoms with Crippen LogP contribution in [0.3, 0.4) is 0 Å². The summed E-state index contributed by atoms with van der Waals surface area (Å²) in [7, 11) is 1.80. The maximum absolute atomic E-state index is 12.4. The Morgan fingerprint density at radius 1 is 1.27 bits per heavy atom. The molecule has 1 atom stereocenters. The van der Waals surface area contributed by atoms with Crippen molar-refractivity contribution in [2.45, 2.75) is 57.2 Å². The third-order valence-corrected chi connectivity index (χ3v) is 6.27. The van der Waals surface area contributed by atoms with E-state index in [1.165, 1.54) is 11.1 Å². The Kier molecular flexibility index (Phi) is 4.59. The van der Waals surface area contributed by atoms with E-state index in [4.69, 9.17) is 19.5 Å². The number of fused-ring (bicyclic) bond motifs is 3. The van der Waals surface area contributed by atoms with Gasteiger partial charge in [-0.1, -0.05) is 6.07 Å². The number of ether oxygens (including phenoxy) is 2. The van der Waals surface area contributed by atoms with Gasteiger partial charge in [-0.2, -0.15) is 0 Å². The lowest BCUT2D eigenvalue weighted by Gasteiger charge is -2.44. The van der Waals surface area contributed by atoms with E-state index in [1.807, 2.05) is 19.2 Å². The van der Waals surface area contributed by atoms with Crippen molar-refractivity contribution in [3.8, 4) is 5.75 Å². The van der Waals surface area contributed by atoms with Crippen LogP contribution in [0.1, 0.15) is 50.2 Å². The normalized spacial score (nSPS) is 32.3. The molecule has 1 fully saturated rings. The van der Waals surface area contributed by atoms with E-state index >= 15 is 0 Å². The second kappa shape index (κ2) is 6.76. The number of nitrogens with zero attached hydrogens (tertiary/aromatic N) is 2. The van der Waals surface area contributed by atoms with Gasteiger partial charge in [-0.05, 0) is 56.7 Å². The highest BCUT2D eigenvalue weighted by Gasteiger charge is 2.59. The predicted octanol–water partition coefficient (Wildman–Crippen LogP) is 4.25. The molecular weight excluding hydrogens is 331 g/mol. The van der Waals surface area contributed by atoms with Crippen LogP contribution in [-0.2, 0) is 16.8 Å². The number of halogens is 1. The number of alkyl halides is 1.